The van der Waals surface area contributed by atoms with E-state index >= 15 is 0 Å². The highest BCUT2D eigenvalue weighted by molar-refractivity contribution is 5.92. The summed E-state index contributed by atoms with van der Waals surface area (Å²) in [6, 6.07) is 7.80. The number of carbonyl (C=O) groups excluding carboxylic acids is 1. The van der Waals surface area contributed by atoms with Gasteiger partial charge in [0.2, 0.25) is 5.91 Å². The van der Waals surface area contributed by atoms with Gasteiger partial charge in [-0.3, -0.25) is 4.79 Å². The SMILES string of the molecule is CCN(CC)CCNCC(=O)Nc1ccccc1C. The fraction of sp³-hybridized carbons (Fsp3) is 0.533. The van der Waals surface area contributed by atoms with Crippen LogP contribution in [0.1, 0.15) is 19.4 Å². The summed E-state index contributed by atoms with van der Waals surface area (Å²) in [5, 5.41) is 6.08. The lowest BCUT2D eigenvalue weighted by atomic mass is 10.2. The number of hydrogen-bond acceptors (Lipinski definition) is 3. The quantitative estimate of drug-likeness (QED) is 0.704. The van der Waals surface area contributed by atoms with Gasteiger partial charge in [-0.05, 0) is 31.6 Å². The average Bonchev–Trinajstić information content (AvgIpc) is 2.42. The van der Waals surface area contributed by atoms with Gasteiger partial charge in [0.25, 0.3) is 0 Å². The number of likely N-dealkylation sites (N-methyl/N-ethyl adjacent to an activating group) is 1. The van der Waals surface area contributed by atoms with Crippen molar-refractivity contribution in [2.45, 2.75) is 20.8 Å². The number of nitrogens with one attached hydrogen (secondary N) is 2. The van der Waals surface area contributed by atoms with Crippen LogP contribution in [0, 0.1) is 6.92 Å². The molecule has 0 saturated heterocycles. The largest absolute Gasteiger partial charge is 0.325 e. The number of carbonyl (C=O) groups is 1. The summed E-state index contributed by atoms with van der Waals surface area (Å²) in [7, 11) is 0. The summed E-state index contributed by atoms with van der Waals surface area (Å²) in [5.74, 6) is 0.00819. The van der Waals surface area contributed by atoms with E-state index in [2.05, 4.69) is 29.4 Å². The molecule has 0 aliphatic carbocycles. The van der Waals surface area contributed by atoms with E-state index in [0.29, 0.717) is 6.54 Å². The Kier molecular flexibility index (Phi) is 7.15. The average molecular weight is 263 g/mol. The first-order valence-corrected chi connectivity index (χ1v) is 6.96. The highest BCUT2D eigenvalue weighted by Crippen LogP contribution is 2.12. The van der Waals surface area contributed by atoms with Crippen molar-refractivity contribution in [2.24, 2.45) is 0 Å². The lowest BCUT2D eigenvalue weighted by Crippen LogP contribution is -2.35. The zero-order valence-corrected chi connectivity index (χ0v) is 12.2. The molecule has 0 radical (unpaired) electrons. The standard InChI is InChI=1S/C15H25N3O/c1-4-18(5-2)11-10-16-12-15(19)17-14-9-7-6-8-13(14)3/h6-9,16H,4-5,10-12H2,1-3H3,(H,17,19). The van der Waals surface area contributed by atoms with Gasteiger partial charge in [-0.15, -0.1) is 0 Å². The molecule has 0 fully saturated rings. The minimum atomic E-state index is 0.00819. The van der Waals surface area contributed by atoms with Crippen molar-refractivity contribution in [3.05, 3.63) is 29.8 Å². The molecule has 0 saturated carbocycles. The number of benzene rings is 1. The van der Waals surface area contributed by atoms with E-state index < -0.39 is 0 Å². The second kappa shape index (κ2) is 8.67. The molecule has 4 heteroatoms. The molecule has 1 aromatic rings. The molecule has 1 amide bonds. The van der Waals surface area contributed by atoms with Gasteiger partial charge >= 0.3 is 0 Å². The molecule has 0 aromatic heterocycles. The van der Waals surface area contributed by atoms with Crippen molar-refractivity contribution in [3.63, 3.8) is 0 Å². The van der Waals surface area contributed by atoms with E-state index in [1.54, 1.807) is 0 Å². The monoisotopic (exact) mass is 263 g/mol. The van der Waals surface area contributed by atoms with E-state index in [0.717, 1.165) is 37.4 Å². The van der Waals surface area contributed by atoms with Gasteiger partial charge in [0, 0.05) is 18.8 Å². The van der Waals surface area contributed by atoms with Gasteiger partial charge < -0.3 is 15.5 Å². The predicted molar refractivity (Wildman–Crippen MR) is 80.5 cm³/mol. The topological polar surface area (TPSA) is 44.4 Å². The summed E-state index contributed by atoms with van der Waals surface area (Å²) in [6.07, 6.45) is 0. The minimum Gasteiger partial charge on any atom is -0.325 e. The normalized spacial score (nSPS) is 10.7. The van der Waals surface area contributed by atoms with E-state index in [1.165, 1.54) is 0 Å². The van der Waals surface area contributed by atoms with Crippen LogP contribution in [0.3, 0.4) is 0 Å². The molecule has 19 heavy (non-hydrogen) atoms. The van der Waals surface area contributed by atoms with Crippen molar-refractivity contribution in [1.82, 2.24) is 10.2 Å². The number of rotatable bonds is 8. The van der Waals surface area contributed by atoms with Gasteiger partial charge in [0.05, 0.1) is 6.54 Å². The Bertz CT molecular complexity index is 389. The van der Waals surface area contributed by atoms with Crippen LogP contribution >= 0.6 is 0 Å². The Morgan fingerprint density at radius 2 is 1.89 bits per heavy atom. The van der Waals surface area contributed by atoms with Gasteiger partial charge in [0.1, 0.15) is 0 Å². The summed E-state index contributed by atoms with van der Waals surface area (Å²) in [5.41, 5.74) is 1.97. The Hall–Kier alpha value is -1.39. The van der Waals surface area contributed by atoms with Crippen LogP contribution in [0.5, 0.6) is 0 Å². The first kappa shape index (κ1) is 15.7. The summed E-state index contributed by atoms with van der Waals surface area (Å²) < 4.78 is 0. The Labute approximate surface area is 116 Å². The van der Waals surface area contributed by atoms with Crippen LogP contribution in [0.4, 0.5) is 5.69 Å². The van der Waals surface area contributed by atoms with Gasteiger partial charge in [0.15, 0.2) is 0 Å². The number of anilines is 1. The van der Waals surface area contributed by atoms with Crippen LogP contribution in [0.25, 0.3) is 0 Å². The second-order valence-electron chi connectivity index (χ2n) is 4.57. The maximum absolute atomic E-state index is 11.8. The van der Waals surface area contributed by atoms with Crippen LogP contribution in [0.2, 0.25) is 0 Å². The number of nitrogens with zero attached hydrogens (tertiary/aromatic N) is 1. The van der Waals surface area contributed by atoms with Crippen LogP contribution in [-0.2, 0) is 4.79 Å². The molecule has 106 valence electrons. The van der Waals surface area contributed by atoms with Gasteiger partial charge in [-0.1, -0.05) is 32.0 Å². The van der Waals surface area contributed by atoms with Crippen LogP contribution in [0.15, 0.2) is 24.3 Å². The molecule has 2 N–H and O–H groups in total. The summed E-state index contributed by atoms with van der Waals surface area (Å²) in [6.45, 7) is 10.6. The first-order chi connectivity index (χ1) is 9.17. The molecule has 0 aliphatic rings. The molecule has 0 unspecified atom stereocenters. The molecule has 1 aromatic carbocycles. The van der Waals surface area contributed by atoms with Crippen LogP contribution in [-0.4, -0.2) is 43.5 Å². The second-order valence-corrected chi connectivity index (χ2v) is 4.57. The fourth-order valence-electron chi connectivity index (χ4n) is 1.89. The zero-order chi connectivity index (χ0) is 14.1. The van der Waals surface area contributed by atoms with E-state index in [9.17, 15) is 4.79 Å². The number of aryl methyl sites for hydroxylation is 1. The molecule has 0 aliphatic heterocycles. The number of amides is 1. The maximum atomic E-state index is 11.8. The van der Waals surface area contributed by atoms with Crippen molar-refractivity contribution < 1.29 is 4.79 Å². The minimum absolute atomic E-state index is 0.00819. The third kappa shape index (κ3) is 5.85. The van der Waals surface area contributed by atoms with E-state index in [-0.39, 0.29) is 5.91 Å². The third-order valence-electron chi connectivity index (χ3n) is 3.20. The van der Waals surface area contributed by atoms with Gasteiger partial charge in [-0.25, -0.2) is 0 Å². The Morgan fingerprint density at radius 3 is 2.53 bits per heavy atom. The molecule has 0 spiro atoms. The molecule has 4 nitrogen and oxygen atoms in total. The van der Waals surface area contributed by atoms with Gasteiger partial charge in [-0.2, -0.15) is 0 Å². The summed E-state index contributed by atoms with van der Waals surface area (Å²) >= 11 is 0. The predicted octanol–water partition coefficient (Wildman–Crippen LogP) is 1.86. The van der Waals surface area contributed by atoms with E-state index in [1.807, 2.05) is 31.2 Å². The lowest BCUT2D eigenvalue weighted by Gasteiger charge is -2.17. The number of para-hydroxylation sites is 1. The molecule has 1 rings (SSSR count). The first-order valence-electron chi connectivity index (χ1n) is 6.96. The number of hydrogen-bond donors (Lipinski definition) is 2. The van der Waals surface area contributed by atoms with Crippen molar-refractivity contribution >= 4 is 11.6 Å². The van der Waals surface area contributed by atoms with Crippen molar-refractivity contribution in [2.75, 3.05) is 38.0 Å². The smallest absolute Gasteiger partial charge is 0.238 e. The van der Waals surface area contributed by atoms with Crippen molar-refractivity contribution in [1.29, 1.82) is 0 Å². The molecular weight excluding hydrogens is 238 g/mol. The molecule has 0 heterocycles. The Balaban J connectivity index is 2.24. The maximum Gasteiger partial charge on any atom is 0.238 e. The third-order valence-corrected chi connectivity index (χ3v) is 3.20. The molecule has 0 atom stereocenters. The highest BCUT2D eigenvalue weighted by Gasteiger charge is 2.04. The van der Waals surface area contributed by atoms with Crippen molar-refractivity contribution in [3.8, 4) is 0 Å². The fourth-order valence-corrected chi connectivity index (χ4v) is 1.89. The molecular formula is C15H25N3O. The molecule has 0 bridgehead atoms. The van der Waals surface area contributed by atoms with E-state index in [4.69, 9.17) is 0 Å². The Morgan fingerprint density at radius 1 is 1.21 bits per heavy atom. The highest BCUT2D eigenvalue weighted by atomic mass is 16.1. The van der Waals surface area contributed by atoms with Crippen LogP contribution < -0.4 is 10.6 Å². The summed E-state index contributed by atoms with van der Waals surface area (Å²) in [4.78, 5) is 14.1. The lowest BCUT2D eigenvalue weighted by molar-refractivity contribution is -0.115. The zero-order valence-electron chi connectivity index (χ0n) is 12.2.